The Balaban J connectivity index is 1.42. The zero-order chi connectivity index (χ0) is 23.4. The minimum Gasteiger partial charge on any atom is -0.454 e. The molecule has 4 rings (SSSR count). The lowest BCUT2D eigenvalue weighted by atomic mass is 10.2. The second kappa shape index (κ2) is 9.43. The smallest absolute Gasteiger partial charge is 0.387 e. The predicted molar refractivity (Wildman–Crippen MR) is 114 cm³/mol. The maximum absolute atomic E-state index is 12.7. The lowest BCUT2D eigenvalue weighted by Crippen LogP contribution is -2.23. The van der Waals surface area contributed by atoms with E-state index in [1.807, 2.05) is 0 Å². The number of amides is 1. The summed E-state index contributed by atoms with van der Waals surface area (Å²) in [6, 6.07) is 16.0. The van der Waals surface area contributed by atoms with Gasteiger partial charge in [0.25, 0.3) is 5.91 Å². The summed E-state index contributed by atoms with van der Waals surface area (Å²) in [6.45, 7) is -2.82. The number of rotatable bonds is 8. The molecule has 33 heavy (non-hydrogen) atoms. The first-order valence-electron chi connectivity index (χ1n) is 9.65. The fraction of sp³-hybridized carbons (Fsp3) is 0.136. The molecule has 1 aliphatic rings. The second-order valence-electron chi connectivity index (χ2n) is 6.90. The number of alkyl halides is 2. The molecule has 0 bridgehead atoms. The molecular formula is C22H18F2N2O6S. The van der Waals surface area contributed by atoms with Crippen molar-refractivity contribution in [1.29, 1.82) is 0 Å². The number of hydrogen-bond acceptors (Lipinski definition) is 6. The highest BCUT2D eigenvalue weighted by Crippen LogP contribution is 2.32. The largest absolute Gasteiger partial charge is 0.454 e. The summed E-state index contributed by atoms with van der Waals surface area (Å²) in [5, 5.41) is 2.58. The van der Waals surface area contributed by atoms with Crippen molar-refractivity contribution < 1.29 is 36.2 Å². The Morgan fingerprint density at radius 1 is 1.00 bits per heavy atom. The van der Waals surface area contributed by atoms with E-state index >= 15 is 0 Å². The van der Waals surface area contributed by atoms with E-state index in [-0.39, 0.29) is 29.5 Å². The van der Waals surface area contributed by atoms with Crippen LogP contribution in [0.3, 0.4) is 0 Å². The zero-order valence-corrected chi connectivity index (χ0v) is 17.8. The molecule has 0 saturated heterocycles. The van der Waals surface area contributed by atoms with Crippen LogP contribution in [0.4, 0.5) is 14.5 Å². The molecule has 2 N–H and O–H groups in total. The SMILES string of the molecule is O=C(Nc1ccc(OC(F)F)cc1)c1cccc(S(=O)(=O)NCc2ccc3c(c2)OCO3)c1. The molecule has 3 aromatic carbocycles. The Morgan fingerprint density at radius 2 is 1.76 bits per heavy atom. The van der Waals surface area contributed by atoms with Gasteiger partial charge in [0.15, 0.2) is 11.5 Å². The van der Waals surface area contributed by atoms with E-state index in [0.29, 0.717) is 22.7 Å². The van der Waals surface area contributed by atoms with E-state index in [1.54, 1.807) is 18.2 Å². The first-order valence-corrected chi connectivity index (χ1v) is 11.1. The number of hydrogen-bond donors (Lipinski definition) is 2. The molecule has 1 aliphatic heterocycles. The molecule has 172 valence electrons. The molecule has 0 spiro atoms. The summed E-state index contributed by atoms with van der Waals surface area (Å²) in [7, 11) is -3.91. The molecule has 3 aromatic rings. The van der Waals surface area contributed by atoms with Crippen LogP contribution in [-0.2, 0) is 16.6 Å². The van der Waals surface area contributed by atoms with E-state index in [2.05, 4.69) is 14.8 Å². The molecule has 0 fully saturated rings. The molecule has 8 nitrogen and oxygen atoms in total. The molecule has 0 saturated carbocycles. The maximum atomic E-state index is 12.7. The number of sulfonamides is 1. The second-order valence-corrected chi connectivity index (χ2v) is 8.66. The Kier molecular flexibility index (Phi) is 6.43. The van der Waals surface area contributed by atoms with Gasteiger partial charge in [0.1, 0.15) is 5.75 Å². The van der Waals surface area contributed by atoms with Gasteiger partial charge in [-0.15, -0.1) is 0 Å². The highest BCUT2D eigenvalue weighted by molar-refractivity contribution is 7.89. The van der Waals surface area contributed by atoms with Gasteiger partial charge in [0.2, 0.25) is 16.8 Å². The number of anilines is 1. The fourth-order valence-electron chi connectivity index (χ4n) is 3.04. The van der Waals surface area contributed by atoms with Crippen LogP contribution in [0.25, 0.3) is 0 Å². The van der Waals surface area contributed by atoms with Crippen molar-refractivity contribution in [2.24, 2.45) is 0 Å². The summed E-state index contributed by atoms with van der Waals surface area (Å²) in [5.74, 6) is 0.519. The van der Waals surface area contributed by atoms with E-state index in [9.17, 15) is 22.0 Å². The van der Waals surface area contributed by atoms with Crippen LogP contribution >= 0.6 is 0 Å². The normalized spacial score (nSPS) is 12.6. The van der Waals surface area contributed by atoms with Gasteiger partial charge in [-0.2, -0.15) is 8.78 Å². The van der Waals surface area contributed by atoms with Crippen molar-refractivity contribution in [2.75, 3.05) is 12.1 Å². The van der Waals surface area contributed by atoms with Gasteiger partial charge in [-0.1, -0.05) is 12.1 Å². The summed E-state index contributed by atoms with van der Waals surface area (Å²) < 4.78 is 67.2. The predicted octanol–water partition coefficient (Wildman–Crippen LogP) is 3.75. The standard InChI is InChI=1S/C22H18F2N2O6S/c23-22(24)32-17-7-5-16(6-8-17)26-21(27)15-2-1-3-18(11-15)33(28,29)25-12-14-4-9-19-20(10-14)31-13-30-19/h1-11,22,25H,12-13H2,(H,26,27). The average Bonchev–Trinajstić information content (AvgIpc) is 3.27. The molecule has 0 radical (unpaired) electrons. The molecule has 0 aromatic heterocycles. The van der Waals surface area contributed by atoms with Gasteiger partial charge < -0.3 is 19.5 Å². The lowest BCUT2D eigenvalue weighted by molar-refractivity contribution is -0.0498. The quantitative estimate of drug-likeness (QED) is 0.514. The molecule has 0 atom stereocenters. The Bertz CT molecular complexity index is 1270. The van der Waals surface area contributed by atoms with E-state index in [4.69, 9.17) is 9.47 Å². The Labute approximate surface area is 188 Å². The van der Waals surface area contributed by atoms with Gasteiger partial charge in [0.05, 0.1) is 4.90 Å². The number of carbonyl (C=O) groups is 1. The zero-order valence-electron chi connectivity index (χ0n) is 17.0. The summed E-state index contributed by atoms with van der Waals surface area (Å²) in [5.41, 5.74) is 1.11. The molecular weight excluding hydrogens is 458 g/mol. The minimum absolute atomic E-state index is 0.0163. The lowest BCUT2D eigenvalue weighted by Gasteiger charge is -2.10. The average molecular weight is 476 g/mol. The van der Waals surface area contributed by atoms with Crippen molar-refractivity contribution in [3.63, 3.8) is 0 Å². The molecule has 1 amide bonds. The van der Waals surface area contributed by atoms with Crippen molar-refractivity contribution in [2.45, 2.75) is 18.1 Å². The van der Waals surface area contributed by atoms with Crippen molar-refractivity contribution >= 4 is 21.6 Å². The third kappa shape index (κ3) is 5.57. The number of ether oxygens (including phenoxy) is 3. The van der Waals surface area contributed by atoms with Gasteiger partial charge in [-0.25, -0.2) is 13.1 Å². The fourth-order valence-corrected chi connectivity index (χ4v) is 4.10. The van der Waals surface area contributed by atoms with Crippen LogP contribution in [-0.4, -0.2) is 27.7 Å². The molecule has 11 heteroatoms. The van der Waals surface area contributed by atoms with Gasteiger partial charge >= 0.3 is 6.61 Å². The van der Waals surface area contributed by atoms with E-state index in [1.165, 1.54) is 48.5 Å². The topological polar surface area (TPSA) is 103 Å². The highest BCUT2D eigenvalue weighted by atomic mass is 32.2. The van der Waals surface area contributed by atoms with Gasteiger partial charge in [-0.05, 0) is 60.2 Å². The van der Waals surface area contributed by atoms with E-state index < -0.39 is 22.5 Å². The van der Waals surface area contributed by atoms with Crippen molar-refractivity contribution in [3.05, 3.63) is 77.9 Å². The minimum atomic E-state index is -3.91. The Hall–Kier alpha value is -3.70. The summed E-state index contributed by atoms with van der Waals surface area (Å²) >= 11 is 0. The van der Waals surface area contributed by atoms with Crippen LogP contribution in [0.2, 0.25) is 0 Å². The van der Waals surface area contributed by atoms with Crippen molar-refractivity contribution in [1.82, 2.24) is 4.72 Å². The van der Waals surface area contributed by atoms with E-state index in [0.717, 1.165) is 0 Å². The summed E-state index contributed by atoms with van der Waals surface area (Å²) in [6.07, 6.45) is 0. The monoisotopic (exact) mass is 476 g/mol. The van der Waals surface area contributed by atoms with Crippen LogP contribution in [0.15, 0.2) is 71.6 Å². The van der Waals surface area contributed by atoms with Crippen molar-refractivity contribution in [3.8, 4) is 17.2 Å². The number of halogens is 2. The molecule has 1 heterocycles. The highest BCUT2D eigenvalue weighted by Gasteiger charge is 2.18. The third-order valence-corrected chi connectivity index (χ3v) is 6.05. The number of carbonyl (C=O) groups excluding carboxylic acids is 1. The summed E-state index contributed by atoms with van der Waals surface area (Å²) in [4.78, 5) is 12.5. The maximum Gasteiger partial charge on any atom is 0.387 e. The molecule has 0 unspecified atom stereocenters. The van der Waals surface area contributed by atoms with Crippen LogP contribution < -0.4 is 24.2 Å². The molecule has 0 aliphatic carbocycles. The third-order valence-electron chi connectivity index (χ3n) is 4.65. The number of nitrogens with one attached hydrogen (secondary N) is 2. The van der Waals surface area contributed by atoms with Gasteiger partial charge in [0, 0.05) is 17.8 Å². The number of benzene rings is 3. The number of fused-ring (bicyclic) bond motifs is 1. The van der Waals surface area contributed by atoms with Crippen LogP contribution in [0.1, 0.15) is 15.9 Å². The Morgan fingerprint density at radius 3 is 2.52 bits per heavy atom. The van der Waals surface area contributed by atoms with Gasteiger partial charge in [-0.3, -0.25) is 4.79 Å². The van der Waals surface area contributed by atoms with Crippen LogP contribution in [0.5, 0.6) is 17.2 Å². The first kappa shape index (κ1) is 22.5. The first-order chi connectivity index (χ1) is 15.8. The van der Waals surface area contributed by atoms with Crippen LogP contribution in [0, 0.1) is 0 Å².